The van der Waals surface area contributed by atoms with E-state index < -0.39 is 0 Å². The van der Waals surface area contributed by atoms with Crippen LogP contribution in [0.5, 0.6) is 0 Å². The van der Waals surface area contributed by atoms with Crippen molar-refractivity contribution in [1.29, 1.82) is 0 Å². The number of hydrogen-bond donors (Lipinski definition) is 0. The molecule has 0 heteroatoms. The fourth-order valence-electron chi connectivity index (χ4n) is 13.5. The topological polar surface area (TPSA) is 0 Å². The van der Waals surface area contributed by atoms with Crippen molar-refractivity contribution in [3.8, 4) is 0 Å². The zero-order valence-corrected chi connectivity index (χ0v) is 50.1. The van der Waals surface area contributed by atoms with Crippen molar-refractivity contribution in [2.75, 3.05) is 0 Å². The first kappa shape index (κ1) is 65.2. The van der Waals surface area contributed by atoms with E-state index in [9.17, 15) is 0 Å². The Morgan fingerprint density at radius 1 is 0.391 bits per heavy atom. The summed E-state index contributed by atoms with van der Waals surface area (Å²) in [5.74, 6) is 10.5. The Hall–Kier alpha value is -1.82. The third-order valence-electron chi connectivity index (χ3n) is 17.2. The van der Waals surface area contributed by atoms with Gasteiger partial charge in [-0.1, -0.05) is 197 Å². The lowest BCUT2D eigenvalue weighted by molar-refractivity contribution is 0.223. The molecule has 0 N–H and O–H groups in total. The van der Waals surface area contributed by atoms with Crippen LogP contribution < -0.4 is 0 Å². The monoisotopic (exact) mass is 953 g/mol. The lowest BCUT2D eigenvalue weighted by Gasteiger charge is -2.45. The van der Waals surface area contributed by atoms with Gasteiger partial charge in [-0.25, -0.2) is 0 Å². The summed E-state index contributed by atoms with van der Waals surface area (Å²) in [4.78, 5) is 0. The van der Waals surface area contributed by atoms with Crippen molar-refractivity contribution in [3.63, 3.8) is 0 Å². The van der Waals surface area contributed by atoms with Gasteiger partial charge in [-0.3, -0.25) is 0 Å². The van der Waals surface area contributed by atoms with Crippen LogP contribution in [0.2, 0.25) is 0 Å². The van der Waals surface area contributed by atoms with Crippen molar-refractivity contribution < 1.29 is 0 Å². The maximum absolute atomic E-state index is 5.25. The maximum Gasteiger partial charge on any atom is 0.00163 e. The van der Waals surface area contributed by atoms with E-state index in [0.717, 1.165) is 75.5 Å². The molecule has 0 aliphatic heterocycles. The Morgan fingerprint density at radius 2 is 0.638 bits per heavy atom. The third-order valence-corrected chi connectivity index (χ3v) is 17.2. The number of rotatable bonds is 39. The molecule has 1 fully saturated rings. The molecule has 1 aliphatic rings. The molecule has 8 atom stereocenters. The largest absolute Gasteiger partial charge is 0.103 e. The summed E-state index contributed by atoms with van der Waals surface area (Å²) in [6, 6.07) is 0. The highest BCUT2D eigenvalue weighted by atomic mass is 14.5. The molecule has 0 saturated heterocycles. The van der Waals surface area contributed by atoms with Gasteiger partial charge in [-0.2, -0.15) is 0 Å². The predicted octanol–water partition coefficient (Wildman–Crippen LogP) is 22.8. The van der Waals surface area contributed by atoms with E-state index in [1.54, 1.807) is 0 Å². The minimum absolute atomic E-state index is 0.291. The maximum atomic E-state index is 5.25. The normalized spacial score (nSPS) is 19.8. The molecule has 1 rings (SSSR count). The summed E-state index contributed by atoms with van der Waals surface area (Å²) >= 11 is 0. The molecule has 0 bridgehead atoms. The second-order valence-electron chi connectivity index (χ2n) is 27.1. The van der Waals surface area contributed by atoms with Crippen LogP contribution in [-0.4, -0.2) is 0 Å². The standard InChI is InChI=1S/C69H124/c1-25-28-29-30-54(18)57(21)39-66(42-63(35-50(12)13)36-51(14)15)45-69-59(23)67(43-64(37-55(19)52(16)26-2)40-61(31-46(4)5)32-47(6)7)58(22)68(60(69)24)44-65(38-56(20)53(17)27-3)41-62(33-48(8)9)34-49(10)11/h25,46-54,61-69H,1,19-24,26-45H2,2-18H3/t52-,53-,54?,64?,65?,66?,67?,68?,69?/m1/s1. The fraction of sp³-hybridized carbons (Fsp3) is 0.797. The van der Waals surface area contributed by atoms with Crippen LogP contribution in [0.4, 0.5) is 0 Å². The highest BCUT2D eigenvalue weighted by Crippen LogP contribution is 2.53. The van der Waals surface area contributed by atoms with Gasteiger partial charge in [0.15, 0.2) is 0 Å². The molecule has 0 spiro atoms. The Kier molecular flexibility index (Phi) is 32.0. The van der Waals surface area contributed by atoms with Crippen molar-refractivity contribution in [3.05, 3.63) is 85.6 Å². The quantitative estimate of drug-likeness (QED) is 0.0425. The molecular formula is C69H124. The van der Waals surface area contributed by atoms with Crippen LogP contribution >= 0.6 is 0 Å². The van der Waals surface area contributed by atoms with Gasteiger partial charge < -0.3 is 0 Å². The average molecular weight is 954 g/mol. The first-order valence-corrected chi connectivity index (χ1v) is 29.9. The fourth-order valence-corrected chi connectivity index (χ4v) is 13.5. The Bertz CT molecular complexity index is 1400. The second-order valence-corrected chi connectivity index (χ2v) is 27.1. The van der Waals surface area contributed by atoms with E-state index in [1.807, 2.05) is 0 Å². The molecule has 1 aliphatic carbocycles. The summed E-state index contributed by atoms with van der Waals surface area (Å²) in [5.41, 5.74) is 8.65. The minimum atomic E-state index is 0.291. The first-order valence-electron chi connectivity index (χ1n) is 29.9. The van der Waals surface area contributed by atoms with Crippen LogP contribution in [0.1, 0.15) is 246 Å². The van der Waals surface area contributed by atoms with Crippen molar-refractivity contribution >= 4 is 0 Å². The van der Waals surface area contributed by atoms with Gasteiger partial charge in [0.05, 0.1) is 0 Å². The molecule has 0 aromatic rings. The van der Waals surface area contributed by atoms with Crippen LogP contribution in [0.25, 0.3) is 0 Å². The van der Waals surface area contributed by atoms with E-state index in [2.05, 4.69) is 130 Å². The van der Waals surface area contributed by atoms with Crippen molar-refractivity contribution in [1.82, 2.24) is 0 Å². The van der Waals surface area contributed by atoms with Crippen LogP contribution in [0.15, 0.2) is 85.6 Å². The lowest BCUT2D eigenvalue weighted by atomic mass is 9.59. The third kappa shape index (κ3) is 25.6. The van der Waals surface area contributed by atoms with Crippen molar-refractivity contribution in [2.24, 2.45) is 107 Å². The van der Waals surface area contributed by atoms with E-state index >= 15 is 0 Å². The molecular weight excluding hydrogens is 829 g/mol. The minimum Gasteiger partial charge on any atom is -0.103 e. The van der Waals surface area contributed by atoms with Crippen LogP contribution in [0, 0.1) is 107 Å². The van der Waals surface area contributed by atoms with Gasteiger partial charge in [-0.15, -0.1) is 6.58 Å². The van der Waals surface area contributed by atoms with E-state index in [1.165, 1.54) is 104 Å². The molecule has 1 saturated carbocycles. The zero-order valence-electron chi connectivity index (χ0n) is 50.1. The molecule has 0 amide bonds. The molecule has 6 unspecified atom stereocenters. The molecule has 400 valence electrons. The van der Waals surface area contributed by atoms with Gasteiger partial charge in [0, 0.05) is 17.8 Å². The Balaban J connectivity index is 4.16. The number of allylic oxidation sites excluding steroid dienone is 7. The van der Waals surface area contributed by atoms with Crippen LogP contribution in [-0.2, 0) is 0 Å². The molecule has 0 nitrogen and oxygen atoms in total. The highest BCUT2D eigenvalue weighted by Gasteiger charge is 2.41. The highest BCUT2D eigenvalue weighted by molar-refractivity contribution is 5.38. The predicted molar refractivity (Wildman–Crippen MR) is 317 cm³/mol. The smallest absolute Gasteiger partial charge is 0.00163 e. The molecule has 69 heavy (non-hydrogen) atoms. The summed E-state index contributed by atoms with van der Waals surface area (Å²) in [5, 5.41) is 0. The molecule has 0 aromatic carbocycles. The van der Waals surface area contributed by atoms with E-state index in [4.69, 9.17) is 39.5 Å². The zero-order chi connectivity index (χ0) is 52.7. The number of unbranched alkanes of at least 4 members (excludes halogenated alkanes) is 1. The second kappa shape index (κ2) is 33.8. The van der Waals surface area contributed by atoms with Crippen molar-refractivity contribution in [2.45, 2.75) is 246 Å². The summed E-state index contributed by atoms with van der Waals surface area (Å²) in [6.07, 6.45) is 26.3. The van der Waals surface area contributed by atoms with Gasteiger partial charge in [0.2, 0.25) is 0 Å². The van der Waals surface area contributed by atoms with Gasteiger partial charge in [0.25, 0.3) is 0 Å². The van der Waals surface area contributed by atoms with E-state index in [0.29, 0.717) is 88.8 Å². The summed E-state index contributed by atoms with van der Waals surface area (Å²) < 4.78 is 0. The molecule has 0 aromatic heterocycles. The molecule has 0 radical (unpaired) electrons. The van der Waals surface area contributed by atoms with Crippen LogP contribution in [0.3, 0.4) is 0 Å². The van der Waals surface area contributed by atoms with Gasteiger partial charge in [0.1, 0.15) is 0 Å². The Morgan fingerprint density at radius 3 is 0.855 bits per heavy atom. The van der Waals surface area contributed by atoms with E-state index in [-0.39, 0.29) is 0 Å². The van der Waals surface area contributed by atoms with Gasteiger partial charge in [-0.05, 0) is 217 Å². The molecule has 0 heterocycles. The summed E-state index contributed by atoms with van der Waals surface area (Å²) in [6.45, 7) is 75.5. The Labute approximate surface area is 436 Å². The first-order chi connectivity index (χ1) is 32.2. The lowest BCUT2D eigenvalue weighted by Crippen LogP contribution is -2.34. The van der Waals surface area contributed by atoms with Gasteiger partial charge >= 0.3 is 0 Å². The summed E-state index contributed by atoms with van der Waals surface area (Å²) in [7, 11) is 0. The SMILES string of the molecule is C=CCCCC(C)C(=C)CC(CC(CC(C)C)CC(C)C)CC1C(=C)C(CC(CC(=C)[C@H](C)CC)CC(CC(C)C)CC(C)C)C(=C)C(CC(CC(=C)[C@H](C)CC)CC(CC(C)C)CC(C)C)C1=C. The number of hydrogen-bond acceptors (Lipinski definition) is 0. The average Bonchev–Trinajstić information content (AvgIpc) is 3.22.